The molecule has 0 atom stereocenters. The topological polar surface area (TPSA) is 40.5 Å². The smallest absolute Gasteiger partial charge is 0.193 e. The third-order valence-electron chi connectivity index (χ3n) is 4.56. The number of aryl methyl sites for hydroxylation is 1. The number of aliphatic imine (C=N–C) groups is 1. The Labute approximate surface area is 148 Å². The molecule has 0 unspecified atom stereocenters. The lowest BCUT2D eigenvalue weighted by Gasteiger charge is -2.34. The van der Waals surface area contributed by atoms with Crippen LogP contribution in [0.5, 0.6) is 0 Å². The summed E-state index contributed by atoms with van der Waals surface area (Å²) in [6, 6.07) is 10.8. The van der Waals surface area contributed by atoms with Gasteiger partial charge in [-0.3, -0.25) is 4.99 Å². The number of benzene rings is 1. The van der Waals surface area contributed by atoms with Gasteiger partial charge in [0.05, 0.1) is 6.54 Å². The van der Waals surface area contributed by atoms with Crippen LogP contribution in [0.15, 0.2) is 41.5 Å². The van der Waals surface area contributed by atoms with Crippen molar-refractivity contribution in [3.05, 3.63) is 52.0 Å². The van der Waals surface area contributed by atoms with E-state index in [1.165, 1.54) is 29.7 Å². The molecule has 128 valence electrons. The molecule has 0 saturated carbocycles. The molecule has 2 aromatic rings. The predicted octanol–water partition coefficient (Wildman–Crippen LogP) is 3.48. The van der Waals surface area contributed by atoms with Crippen LogP contribution in [0.4, 0.5) is 0 Å². The van der Waals surface area contributed by atoms with E-state index in [-0.39, 0.29) is 0 Å². The van der Waals surface area contributed by atoms with Crippen LogP contribution in [0.1, 0.15) is 28.3 Å². The van der Waals surface area contributed by atoms with Gasteiger partial charge in [-0.2, -0.15) is 0 Å². The van der Waals surface area contributed by atoms with Crippen LogP contribution in [-0.4, -0.2) is 36.0 Å². The van der Waals surface area contributed by atoms with Gasteiger partial charge in [0.25, 0.3) is 0 Å². The van der Waals surface area contributed by atoms with Crippen molar-refractivity contribution in [1.29, 1.82) is 0 Å². The van der Waals surface area contributed by atoms with Crippen LogP contribution < -0.4 is 5.32 Å². The van der Waals surface area contributed by atoms with E-state index < -0.39 is 0 Å². The van der Waals surface area contributed by atoms with Gasteiger partial charge in [-0.15, -0.1) is 11.3 Å². The van der Waals surface area contributed by atoms with Gasteiger partial charge in [0.2, 0.25) is 0 Å². The Morgan fingerprint density at radius 3 is 2.67 bits per heavy atom. The first-order chi connectivity index (χ1) is 11.7. The largest absolute Gasteiger partial charge is 0.350 e. The Bertz CT molecular complexity index is 657. The quantitative estimate of drug-likeness (QED) is 0.683. The molecule has 0 radical (unpaired) electrons. The molecule has 1 saturated heterocycles. The maximum absolute atomic E-state index is 4.45. The number of rotatable bonds is 4. The highest BCUT2D eigenvalue weighted by atomic mass is 32.1. The molecular formula is C19H26N4S. The number of piperidine rings is 1. The highest BCUT2D eigenvalue weighted by molar-refractivity contribution is 7.11. The number of nitrogens with one attached hydrogen (secondary N) is 1. The SMILES string of the molecule is CN=C(NCc1ncc(C)s1)N1CCC(Cc2ccccc2)CC1. The van der Waals surface area contributed by atoms with Crippen molar-refractivity contribution in [2.75, 3.05) is 20.1 Å². The molecule has 1 N–H and O–H groups in total. The van der Waals surface area contributed by atoms with Gasteiger partial charge in [-0.1, -0.05) is 30.3 Å². The average molecular weight is 343 g/mol. The molecule has 0 amide bonds. The lowest BCUT2D eigenvalue weighted by molar-refractivity contribution is 0.259. The zero-order valence-corrected chi connectivity index (χ0v) is 15.4. The highest BCUT2D eigenvalue weighted by Crippen LogP contribution is 2.21. The average Bonchev–Trinajstić information content (AvgIpc) is 3.03. The minimum absolute atomic E-state index is 0.759. The first kappa shape index (κ1) is 17.0. The second-order valence-electron chi connectivity index (χ2n) is 6.39. The van der Waals surface area contributed by atoms with Crippen LogP contribution >= 0.6 is 11.3 Å². The Morgan fingerprint density at radius 1 is 1.29 bits per heavy atom. The Balaban J connectivity index is 1.47. The maximum Gasteiger partial charge on any atom is 0.193 e. The van der Waals surface area contributed by atoms with Gasteiger partial charge in [0, 0.05) is 31.2 Å². The summed E-state index contributed by atoms with van der Waals surface area (Å²) in [7, 11) is 1.87. The van der Waals surface area contributed by atoms with Gasteiger partial charge in [-0.05, 0) is 37.7 Å². The Morgan fingerprint density at radius 2 is 2.04 bits per heavy atom. The molecule has 0 aliphatic carbocycles. The summed E-state index contributed by atoms with van der Waals surface area (Å²) in [5, 5.41) is 4.58. The lowest BCUT2D eigenvalue weighted by Crippen LogP contribution is -2.45. The van der Waals surface area contributed by atoms with E-state index in [9.17, 15) is 0 Å². The van der Waals surface area contributed by atoms with E-state index in [0.717, 1.165) is 36.5 Å². The minimum atomic E-state index is 0.759. The summed E-state index contributed by atoms with van der Waals surface area (Å²) in [4.78, 5) is 12.5. The lowest BCUT2D eigenvalue weighted by atomic mass is 9.90. The minimum Gasteiger partial charge on any atom is -0.350 e. The molecule has 1 aromatic carbocycles. The van der Waals surface area contributed by atoms with Crippen LogP contribution in [0, 0.1) is 12.8 Å². The van der Waals surface area contributed by atoms with Gasteiger partial charge in [0.1, 0.15) is 5.01 Å². The third kappa shape index (κ3) is 4.57. The van der Waals surface area contributed by atoms with E-state index in [4.69, 9.17) is 0 Å². The first-order valence-corrected chi connectivity index (χ1v) is 9.47. The molecular weight excluding hydrogens is 316 g/mol. The number of likely N-dealkylation sites (tertiary alicyclic amines) is 1. The summed E-state index contributed by atoms with van der Waals surface area (Å²) in [6.07, 6.45) is 5.58. The van der Waals surface area contributed by atoms with Gasteiger partial charge < -0.3 is 10.2 Å². The molecule has 3 rings (SSSR count). The van der Waals surface area contributed by atoms with Crippen LogP contribution in [0.25, 0.3) is 0 Å². The zero-order chi connectivity index (χ0) is 16.8. The highest BCUT2D eigenvalue weighted by Gasteiger charge is 2.21. The number of thiazole rings is 1. The molecule has 0 bridgehead atoms. The second kappa shape index (κ2) is 8.29. The molecule has 1 aliphatic heterocycles. The fraction of sp³-hybridized carbons (Fsp3) is 0.474. The number of hydrogen-bond donors (Lipinski definition) is 1. The van der Waals surface area contributed by atoms with E-state index in [1.54, 1.807) is 11.3 Å². The van der Waals surface area contributed by atoms with Gasteiger partial charge in [0.15, 0.2) is 5.96 Å². The summed E-state index contributed by atoms with van der Waals surface area (Å²) >= 11 is 1.74. The fourth-order valence-corrected chi connectivity index (χ4v) is 3.99. The molecule has 2 heterocycles. The molecule has 1 fully saturated rings. The van der Waals surface area contributed by atoms with E-state index >= 15 is 0 Å². The molecule has 1 aromatic heterocycles. The Hall–Kier alpha value is -1.88. The van der Waals surface area contributed by atoms with E-state index in [1.807, 2.05) is 13.2 Å². The number of hydrogen-bond acceptors (Lipinski definition) is 3. The predicted molar refractivity (Wildman–Crippen MR) is 101 cm³/mol. The molecule has 24 heavy (non-hydrogen) atoms. The van der Waals surface area contributed by atoms with Crippen molar-refractivity contribution >= 4 is 17.3 Å². The van der Waals surface area contributed by atoms with Crippen LogP contribution in [0.3, 0.4) is 0 Å². The fourth-order valence-electron chi connectivity index (χ4n) is 3.27. The summed E-state index contributed by atoms with van der Waals surface area (Å²) in [5.41, 5.74) is 1.46. The molecule has 5 heteroatoms. The molecule has 0 spiro atoms. The molecule has 4 nitrogen and oxygen atoms in total. The first-order valence-electron chi connectivity index (χ1n) is 8.65. The van der Waals surface area contributed by atoms with Gasteiger partial charge >= 0.3 is 0 Å². The van der Waals surface area contributed by atoms with E-state index in [0.29, 0.717) is 0 Å². The monoisotopic (exact) mass is 342 g/mol. The van der Waals surface area contributed by atoms with Crippen molar-refractivity contribution < 1.29 is 0 Å². The van der Waals surface area contributed by atoms with Crippen LogP contribution in [-0.2, 0) is 13.0 Å². The van der Waals surface area contributed by atoms with Crippen molar-refractivity contribution in [1.82, 2.24) is 15.2 Å². The van der Waals surface area contributed by atoms with Crippen molar-refractivity contribution in [2.45, 2.75) is 32.7 Å². The van der Waals surface area contributed by atoms with Gasteiger partial charge in [-0.25, -0.2) is 4.98 Å². The summed E-state index contributed by atoms with van der Waals surface area (Å²) in [6.45, 7) is 5.00. The number of aromatic nitrogens is 1. The standard InChI is InChI=1S/C19H26N4S/c1-15-13-21-18(24-15)14-22-19(20-2)23-10-8-17(9-11-23)12-16-6-4-3-5-7-16/h3-7,13,17H,8-12,14H2,1-2H3,(H,20,22). The Kier molecular flexibility index (Phi) is 5.86. The number of nitrogens with zero attached hydrogens (tertiary/aromatic N) is 3. The zero-order valence-electron chi connectivity index (χ0n) is 14.5. The summed E-state index contributed by atoms with van der Waals surface area (Å²) in [5.74, 6) is 1.78. The van der Waals surface area contributed by atoms with Crippen LogP contribution in [0.2, 0.25) is 0 Å². The molecule has 1 aliphatic rings. The third-order valence-corrected chi connectivity index (χ3v) is 5.47. The summed E-state index contributed by atoms with van der Waals surface area (Å²) < 4.78 is 0. The van der Waals surface area contributed by atoms with Crippen molar-refractivity contribution in [2.24, 2.45) is 10.9 Å². The van der Waals surface area contributed by atoms with E-state index in [2.05, 4.69) is 57.4 Å². The normalized spacial score (nSPS) is 16.4. The maximum atomic E-state index is 4.45. The second-order valence-corrected chi connectivity index (χ2v) is 7.70. The number of guanidine groups is 1. The van der Waals surface area contributed by atoms with Crippen molar-refractivity contribution in [3.63, 3.8) is 0 Å². The van der Waals surface area contributed by atoms with Crippen molar-refractivity contribution in [3.8, 4) is 0 Å².